The summed E-state index contributed by atoms with van der Waals surface area (Å²) in [6, 6.07) is 4.97. The minimum Gasteiger partial charge on any atom is -0.461 e. The number of nitrogens with zero attached hydrogens (tertiary/aromatic N) is 2. The maximum absolute atomic E-state index is 11.3. The zero-order valence-corrected chi connectivity index (χ0v) is 9.04. The van der Waals surface area contributed by atoms with Gasteiger partial charge in [-0.25, -0.2) is 9.78 Å². The van der Waals surface area contributed by atoms with Crippen LogP contribution >= 0.6 is 15.9 Å². The molecule has 0 aliphatic carbocycles. The van der Waals surface area contributed by atoms with Gasteiger partial charge in [0.15, 0.2) is 5.69 Å². The van der Waals surface area contributed by atoms with Crippen LogP contribution in [0.3, 0.4) is 0 Å². The smallest absolute Gasteiger partial charge is 0.358 e. The molecule has 0 radical (unpaired) electrons. The molecule has 72 valence electrons. The van der Waals surface area contributed by atoms with Crippen LogP contribution in [0.4, 0.5) is 0 Å². The van der Waals surface area contributed by atoms with Crippen molar-refractivity contribution >= 4 is 21.9 Å². The van der Waals surface area contributed by atoms with Gasteiger partial charge in [-0.1, -0.05) is 0 Å². The highest BCUT2D eigenvalue weighted by molar-refractivity contribution is 9.10. The van der Waals surface area contributed by atoms with Crippen molar-refractivity contribution in [2.75, 3.05) is 6.61 Å². The Bertz CT molecular complexity index is 398. The third-order valence-electron chi connectivity index (χ3n) is 1.43. The van der Waals surface area contributed by atoms with E-state index in [0.29, 0.717) is 4.47 Å². The monoisotopic (exact) mass is 254 g/mol. The molecule has 0 amide bonds. The lowest BCUT2D eigenvalue weighted by atomic mass is 10.3. The van der Waals surface area contributed by atoms with Gasteiger partial charge < -0.3 is 4.74 Å². The molecular weight excluding hydrogens is 248 g/mol. The van der Waals surface area contributed by atoms with Crippen LogP contribution in [0, 0.1) is 11.3 Å². The Hall–Kier alpha value is -1.41. The molecule has 0 bridgehead atoms. The summed E-state index contributed by atoms with van der Waals surface area (Å²) in [5, 5.41) is 8.58. The lowest BCUT2D eigenvalue weighted by Crippen LogP contribution is -2.08. The second-order valence-corrected chi connectivity index (χ2v) is 3.21. The minimum absolute atomic E-state index is 0.130. The van der Waals surface area contributed by atoms with E-state index in [0.717, 1.165) is 0 Å². The molecule has 0 N–H and O–H groups in total. The molecular formula is C9H7BrN2O2. The molecule has 0 aliphatic rings. The molecule has 14 heavy (non-hydrogen) atoms. The zero-order chi connectivity index (χ0) is 10.6. The Morgan fingerprint density at radius 1 is 1.71 bits per heavy atom. The molecule has 4 nitrogen and oxygen atoms in total. The van der Waals surface area contributed by atoms with Crippen molar-refractivity contribution in [1.29, 1.82) is 5.26 Å². The van der Waals surface area contributed by atoms with Crippen molar-refractivity contribution in [2.24, 2.45) is 0 Å². The zero-order valence-electron chi connectivity index (χ0n) is 7.45. The molecule has 0 atom stereocenters. The number of rotatable bonds is 2. The topological polar surface area (TPSA) is 63.0 Å². The SMILES string of the molecule is CCOC(=O)c1nc(C#N)ccc1Br. The molecule has 1 rings (SSSR count). The Labute approximate surface area is 89.6 Å². The molecule has 1 aromatic heterocycles. The van der Waals surface area contributed by atoms with E-state index in [1.165, 1.54) is 6.07 Å². The minimum atomic E-state index is -0.531. The number of aromatic nitrogens is 1. The number of carbonyl (C=O) groups is 1. The van der Waals surface area contributed by atoms with Gasteiger partial charge in [-0.05, 0) is 35.0 Å². The number of ether oxygens (including phenoxy) is 1. The first-order valence-electron chi connectivity index (χ1n) is 3.92. The average molecular weight is 255 g/mol. The fourth-order valence-corrected chi connectivity index (χ4v) is 1.23. The van der Waals surface area contributed by atoms with Gasteiger partial charge in [-0.3, -0.25) is 0 Å². The Kier molecular flexibility index (Phi) is 3.60. The summed E-state index contributed by atoms with van der Waals surface area (Å²) in [4.78, 5) is 15.1. The van der Waals surface area contributed by atoms with Crippen LogP contribution in [0.2, 0.25) is 0 Å². The maximum Gasteiger partial charge on any atom is 0.358 e. The first kappa shape index (κ1) is 10.7. The predicted octanol–water partition coefficient (Wildman–Crippen LogP) is 1.89. The first-order chi connectivity index (χ1) is 6.69. The van der Waals surface area contributed by atoms with Crippen LogP contribution in [0.5, 0.6) is 0 Å². The summed E-state index contributed by atoms with van der Waals surface area (Å²) < 4.78 is 5.29. The van der Waals surface area contributed by atoms with E-state index in [4.69, 9.17) is 10.00 Å². The van der Waals surface area contributed by atoms with Gasteiger partial charge in [0.1, 0.15) is 11.8 Å². The second-order valence-electron chi connectivity index (χ2n) is 2.36. The summed E-state index contributed by atoms with van der Waals surface area (Å²) in [7, 11) is 0. The van der Waals surface area contributed by atoms with Crippen LogP contribution in [0.15, 0.2) is 16.6 Å². The van der Waals surface area contributed by atoms with Crippen molar-refractivity contribution in [3.8, 4) is 6.07 Å². The molecule has 0 aliphatic heterocycles. The molecule has 0 fully saturated rings. The van der Waals surface area contributed by atoms with Gasteiger partial charge in [0.25, 0.3) is 0 Å². The Balaban J connectivity index is 3.07. The fourth-order valence-electron chi connectivity index (χ4n) is 0.847. The third kappa shape index (κ3) is 2.30. The quantitative estimate of drug-likeness (QED) is 0.757. The first-order valence-corrected chi connectivity index (χ1v) is 4.72. The highest BCUT2D eigenvalue weighted by Gasteiger charge is 2.13. The van der Waals surface area contributed by atoms with Crippen LogP contribution < -0.4 is 0 Å². The van der Waals surface area contributed by atoms with Crippen molar-refractivity contribution < 1.29 is 9.53 Å². The predicted molar refractivity (Wildman–Crippen MR) is 52.6 cm³/mol. The molecule has 1 heterocycles. The van der Waals surface area contributed by atoms with Gasteiger partial charge >= 0.3 is 5.97 Å². The summed E-state index contributed by atoms with van der Waals surface area (Å²) in [6.45, 7) is 1.99. The largest absolute Gasteiger partial charge is 0.461 e. The lowest BCUT2D eigenvalue weighted by molar-refractivity contribution is 0.0518. The summed E-state index contributed by atoms with van der Waals surface area (Å²) in [5.74, 6) is -0.531. The molecule has 0 saturated heterocycles. The number of pyridine rings is 1. The Morgan fingerprint density at radius 3 is 3.00 bits per heavy atom. The van der Waals surface area contributed by atoms with Gasteiger partial charge in [-0.2, -0.15) is 5.26 Å². The number of halogens is 1. The maximum atomic E-state index is 11.3. The third-order valence-corrected chi connectivity index (χ3v) is 2.07. The number of nitriles is 1. The molecule has 0 aromatic carbocycles. The number of carbonyl (C=O) groups excluding carboxylic acids is 1. The van der Waals surface area contributed by atoms with Crippen molar-refractivity contribution in [3.05, 3.63) is 28.0 Å². The van der Waals surface area contributed by atoms with E-state index in [1.54, 1.807) is 13.0 Å². The van der Waals surface area contributed by atoms with Crippen molar-refractivity contribution in [1.82, 2.24) is 4.98 Å². The normalized spacial score (nSPS) is 9.21. The highest BCUT2D eigenvalue weighted by Crippen LogP contribution is 2.15. The van der Waals surface area contributed by atoms with Gasteiger partial charge in [0.2, 0.25) is 0 Å². The van der Waals surface area contributed by atoms with Crippen LogP contribution in [-0.2, 0) is 4.74 Å². The summed E-state index contributed by atoms with van der Waals surface area (Å²) in [5.41, 5.74) is 0.321. The van der Waals surface area contributed by atoms with E-state index < -0.39 is 5.97 Å². The molecule has 0 spiro atoms. The van der Waals surface area contributed by atoms with Gasteiger partial charge in [0.05, 0.1) is 11.1 Å². The fraction of sp³-hybridized carbons (Fsp3) is 0.222. The van der Waals surface area contributed by atoms with E-state index in [2.05, 4.69) is 20.9 Å². The van der Waals surface area contributed by atoms with Gasteiger partial charge in [-0.15, -0.1) is 0 Å². The summed E-state index contributed by atoms with van der Waals surface area (Å²) >= 11 is 3.16. The highest BCUT2D eigenvalue weighted by atomic mass is 79.9. The van der Waals surface area contributed by atoms with Crippen LogP contribution in [0.25, 0.3) is 0 Å². The van der Waals surface area contributed by atoms with Crippen LogP contribution in [-0.4, -0.2) is 17.6 Å². The standard InChI is InChI=1S/C9H7BrN2O2/c1-2-14-9(13)8-7(10)4-3-6(5-11)12-8/h3-4H,2H2,1H3. The van der Waals surface area contributed by atoms with E-state index in [-0.39, 0.29) is 18.0 Å². The molecule has 1 aromatic rings. The molecule has 5 heteroatoms. The molecule has 0 saturated carbocycles. The number of esters is 1. The second kappa shape index (κ2) is 4.72. The lowest BCUT2D eigenvalue weighted by Gasteiger charge is -2.02. The van der Waals surface area contributed by atoms with Gasteiger partial charge in [0, 0.05) is 0 Å². The number of hydrogen-bond acceptors (Lipinski definition) is 4. The average Bonchev–Trinajstić information content (AvgIpc) is 2.19. The number of hydrogen-bond donors (Lipinski definition) is 0. The van der Waals surface area contributed by atoms with E-state index in [9.17, 15) is 4.79 Å². The van der Waals surface area contributed by atoms with E-state index >= 15 is 0 Å². The molecule has 0 unspecified atom stereocenters. The van der Waals surface area contributed by atoms with Crippen LogP contribution in [0.1, 0.15) is 23.1 Å². The summed E-state index contributed by atoms with van der Waals surface area (Å²) in [6.07, 6.45) is 0. The van der Waals surface area contributed by atoms with Crippen molar-refractivity contribution in [2.45, 2.75) is 6.92 Å². The van der Waals surface area contributed by atoms with Crippen molar-refractivity contribution in [3.63, 3.8) is 0 Å². The Morgan fingerprint density at radius 2 is 2.43 bits per heavy atom. The van der Waals surface area contributed by atoms with E-state index in [1.807, 2.05) is 6.07 Å².